The van der Waals surface area contributed by atoms with Gasteiger partial charge in [0.2, 0.25) is 0 Å². The van der Waals surface area contributed by atoms with Gasteiger partial charge in [-0.25, -0.2) is 18.8 Å². The number of rotatable bonds is 3. The van der Waals surface area contributed by atoms with Gasteiger partial charge in [0.25, 0.3) is 0 Å². The second-order valence-corrected chi connectivity index (χ2v) is 2.79. The van der Waals surface area contributed by atoms with Crippen LogP contribution in [0.15, 0.2) is 12.1 Å². The Bertz CT molecular complexity index is 458. The predicted octanol–water partition coefficient (Wildman–Crippen LogP) is 0.920. The van der Waals surface area contributed by atoms with Gasteiger partial charge in [-0.05, 0) is 12.1 Å². The van der Waals surface area contributed by atoms with Crippen LogP contribution in [0.2, 0.25) is 0 Å². The minimum Gasteiger partial charge on any atom is -0.478 e. The minimum atomic E-state index is -1.74. The van der Waals surface area contributed by atoms with Crippen molar-refractivity contribution in [3.63, 3.8) is 0 Å². The van der Waals surface area contributed by atoms with Crippen LogP contribution in [0.3, 0.4) is 0 Å². The molecule has 0 bridgehead atoms. The van der Waals surface area contributed by atoms with Crippen molar-refractivity contribution in [2.24, 2.45) is 0 Å². The fraction of sp³-hybridized carbons (Fsp3) is 0. The summed E-state index contributed by atoms with van der Waals surface area (Å²) in [5.41, 5.74) is -2.74. The Morgan fingerprint density at radius 1 is 0.875 bits per heavy atom. The third-order valence-electron chi connectivity index (χ3n) is 1.78. The van der Waals surface area contributed by atoms with Crippen molar-refractivity contribution in [2.45, 2.75) is 0 Å². The molecule has 84 valence electrons. The van der Waals surface area contributed by atoms with Crippen molar-refractivity contribution in [1.29, 1.82) is 0 Å². The van der Waals surface area contributed by atoms with E-state index in [4.69, 9.17) is 15.3 Å². The molecule has 0 spiro atoms. The Kier molecular flexibility index (Phi) is 2.89. The molecule has 0 heterocycles. The Labute approximate surface area is 87.6 Å². The van der Waals surface area contributed by atoms with Crippen LogP contribution in [0.25, 0.3) is 0 Å². The molecule has 1 rings (SSSR count). The summed E-state index contributed by atoms with van der Waals surface area (Å²) in [4.78, 5) is 32.0. The Morgan fingerprint density at radius 2 is 1.25 bits per heavy atom. The number of hydrogen-bond acceptors (Lipinski definition) is 3. The zero-order valence-electron chi connectivity index (χ0n) is 7.60. The van der Waals surface area contributed by atoms with Crippen molar-refractivity contribution in [3.05, 3.63) is 34.6 Å². The quantitative estimate of drug-likeness (QED) is 0.709. The number of hydrogen-bond donors (Lipinski definition) is 3. The van der Waals surface area contributed by atoms with E-state index in [1.54, 1.807) is 0 Å². The second kappa shape index (κ2) is 3.97. The molecule has 7 heteroatoms. The molecule has 0 aliphatic rings. The van der Waals surface area contributed by atoms with Crippen LogP contribution < -0.4 is 0 Å². The highest BCUT2D eigenvalue weighted by Crippen LogP contribution is 2.18. The van der Waals surface area contributed by atoms with Gasteiger partial charge in [0.1, 0.15) is 5.82 Å². The van der Waals surface area contributed by atoms with E-state index < -0.39 is 40.4 Å². The van der Waals surface area contributed by atoms with Gasteiger partial charge in [-0.2, -0.15) is 0 Å². The molecule has 0 fully saturated rings. The first kappa shape index (κ1) is 11.6. The maximum Gasteiger partial charge on any atom is 0.337 e. The van der Waals surface area contributed by atoms with Gasteiger partial charge in [-0.1, -0.05) is 0 Å². The van der Waals surface area contributed by atoms with E-state index >= 15 is 0 Å². The van der Waals surface area contributed by atoms with E-state index in [9.17, 15) is 18.8 Å². The summed E-state index contributed by atoms with van der Waals surface area (Å²) >= 11 is 0. The summed E-state index contributed by atoms with van der Waals surface area (Å²) in [6.07, 6.45) is 0. The molecule has 0 aliphatic carbocycles. The van der Waals surface area contributed by atoms with Gasteiger partial charge in [-0.15, -0.1) is 0 Å². The number of benzene rings is 1. The van der Waals surface area contributed by atoms with Crippen molar-refractivity contribution >= 4 is 17.9 Å². The molecular formula is C9H5FO6. The highest BCUT2D eigenvalue weighted by molar-refractivity contribution is 6.09. The van der Waals surface area contributed by atoms with Crippen LogP contribution in [0.1, 0.15) is 31.1 Å². The molecule has 6 nitrogen and oxygen atoms in total. The molecule has 3 N–H and O–H groups in total. The molecule has 1 aromatic rings. The fourth-order valence-corrected chi connectivity index (χ4v) is 1.17. The second-order valence-electron chi connectivity index (χ2n) is 2.79. The monoisotopic (exact) mass is 228 g/mol. The van der Waals surface area contributed by atoms with Gasteiger partial charge in [-0.3, -0.25) is 0 Å². The third-order valence-corrected chi connectivity index (χ3v) is 1.78. The van der Waals surface area contributed by atoms with Crippen molar-refractivity contribution < 1.29 is 34.1 Å². The first-order valence-electron chi connectivity index (χ1n) is 3.88. The van der Waals surface area contributed by atoms with Crippen LogP contribution in [0, 0.1) is 5.82 Å². The lowest BCUT2D eigenvalue weighted by Gasteiger charge is -2.05. The summed E-state index contributed by atoms with van der Waals surface area (Å²) in [5, 5.41) is 25.9. The van der Waals surface area contributed by atoms with E-state index in [1.807, 2.05) is 0 Å². The Balaban J connectivity index is 3.67. The summed E-state index contributed by atoms with van der Waals surface area (Å²) < 4.78 is 12.9. The average molecular weight is 228 g/mol. The van der Waals surface area contributed by atoms with E-state index in [1.165, 1.54) is 0 Å². The lowest BCUT2D eigenvalue weighted by molar-refractivity contribution is 0.0632. The molecule has 0 radical (unpaired) electrons. The number of aromatic carboxylic acids is 3. The first-order chi connectivity index (χ1) is 7.34. The molecule has 0 aromatic heterocycles. The van der Waals surface area contributed by atoms with Crippen molar-refractivity contribution in [2.75, 3.05) is 0 Å². The van der Waals surface area contributed by atoms with E-state index in [2.05, 4.69) is 0 Å². The van der Waals surface area contributed by atoms with Gasteiger partial charge in [0.15, 0.2) is 0 Å². The average Bonchev–Trinajstić information content (AvgIpc) is 2.15. The fourth-order valence-electron chi connectivity index (χ4n) is 1.17. The number of carboxylic acids is 3. The highest BCUT2D eigenvalue weighted by atomic mass is 19.1. The zero-order valence-corrected chi connectivity index (χ0v) is 7.60. The number of carboxylic acid groups (broad SMARTS) is 3. The smallest absolute Gasteiger partial charge is 0.337 e. The molecule has 0 amide bonds. The lowest BCUT2D eigenvalue weighted by atomic mass is 10.0. The largest absolute Gasteiger partial charge is 0.478 e. The van der Waals surface area contributed by atoms with Gasteiger partial charge in [0, 0.05) is 0 Å². The molecule has 0 aliphatic heterocycles. The molecule has 0 atom stereocenters. The maximum absolute atomic E-state index is 12.9. The number of halogens is 1. The van der Waals surface area contributed by atoms with E-state index in [0.717, 1.165) is 0 Å². The summed E-state index contributed by atoms with van der Waals surface area (Å²) in [7, 11) is 0. The Morgan fingerprint density at radius 3 is 1.50 bits per heavy atom. The third kappa shape index (κ3) is 1.97. The predicted molar refractivity (Wildman–Crippen MR) is 47.3 cm³/mol. The van der Waals surface area contributed by atoms with E-state index in [-0.39, 0.29) is 0 Å². The Hall–Kier alpha value is -2.44. The maximum atomic E-state index is 12.9. The molecule has 16 heavy (non-hydrogen) atoms. The molecule has 1 aromatic carbocycles. The van der Waals surface area contributed by atoms with Gasteiger partial charge >= 0.3 is 17.9 Å². The van der Waals surface area contributed by atoms with E-state index in [0.29, 0.717) is 12.1 Å². The van der Waals surface area contributed by atoms with Crippen LogP contribution in [-0.2, 0) is 0 Å². The van der Waals surface area contributed by atoms with Crippen LogP contribution >= 0.6 is 0 Å². The van der Waals surface area contributed by atoms with Gasteiger partial charge < -0.3 is 15.3 Å². The molecule has 0 saturated heterocycles. The van der Waals surface area contributed by atoms with Crippen molar-refractivity contribution in [1.82, 2.24) is 0 Å². The van der Waals surface area contributed by atoms with Crippen LogP contribution in [0.5, 0.6) is 0 Å². The van der Waals surface area contributed by atoms with Crippen molar-refractivity contribution in [3.8, 4) is 0 Å². The summed E-state index contributed by atoms with van der Waals surface area (Å²) in [6, 6.07) is 0.913. The number of carbonyl (C=O) groups is 3. The summed E-state index contributed by atoms with van der Waals surface area (Å²) in [6.45, 7) is 0. The van der Waals surface area contributed by atoms with Crippen LogP contribution in [0.4, 0.5) is 4.39 Å². The molecule has 0 saturated carbocycles. The molecule has 0 unspecified atom stereocenters. The minimum absolute atomic E-state index is 0.457. The normalized spacial score (nSPS) is 9.81. The SMILES string of the molecule is O=C(O)c1cc(F)cc(C(=O)O)c1C(=O)O. The highest BCUT2D eigenvalue weighted by Gasteiger charge is 2.25. The lowest BCUT2D eigenvalue weighted by Crippen LogP contribution is -2.15. The van der Waals surface area contributed by atoms with Gasteiger partial charge in [0.05, 0.1) is 16.7 Å². The first-order valence-corrected chi connectivity index (χ1v) is 3.88. The standard InChI is InChI=1S/C9H5FO6/c10-3-1-4(7(11)12)6(9(15)16)5(2-3)8(13)14/h1-2H,(H,11,12)(H,13,14)(H,15,16). The van der Waals surface area contributed by atoms with Crippen LogP contribution in [-0.4, -0.2) is 33.2 Å². The summed E-state index contributed by atoms with van der Waals surface area (Å²) in [5.74, 6) is -6.28. The zero-order chi connectivity index (χ0) is 12.5. The molecular weight excluding hydrogens is 223 g/mol. The topological polar surface area (TPSA) is 112 Å².